The molecular weight excluding hydrogens is 388 g/mol. The lowest BCUT2D eigenvalue weighted by atomic mass is 10.2. The number of aromatic nitrogens is 2. The standard InChI is InChI=1S/C21H31ClN6O/c1-16-24-10-13-27(16)11-5-4-9-25-21(23-2)26-18-8-12-28(15-18)19-14-17(22)6-7-20(19)29-3/h6-7,10,13-14,18H,4-5,8-9,11-12,15H2,1-3H3,(H2,23,25,26). The largest absolute Gasteiger partial charge is 0.495 e. The molecule has 0 saturated carbocycles. The number of benzene rings is 1. The minimum Gasteiger partial charge on any atom is -0.495 e. The molecule has 158 valence electrons. The molecule has 0 radical (unpaired) electrons. The van der Waals surface area contributed by atoms with Crippen molar-refractivity contribution >= 4 is 23.2 Å². The van der Waals surface area contributed by atoms with Crippen molar-refractivity contribution in [2.45, 2.75) is 38.8 Å². The Morgan fingerprint density at radius 2 is 2.24 bits per heavy atom. The molecule has 1 aromatic heterocycles. The Balaban J connectivity index is 1.42. The maximum atomic E-state index is 6.19. The van der Waals surface area contributed by atoms with Crippen LogP contribution in [-0.4, -0.2) is 55.3 Å². The van der Waals surface area contributed by atoms with Crippen LogP contribution in [0.25, 0.3) is 0 Å². The van der Waals surface area contributed by atoms with E-state index >= 15 is 0 Å². The number of hydrogen-bond donors (Lipinski definition) is 2. The van der Waals surface area contributed by atoms with E-state index in [9.17, 15) is 0 Å². The van der Waals surface area contributed by atoms with E-state index in [0.29, 0.717) is 6.04 Å². The third-order valence-corrected chi connectivity index (χ3v) is 5.51. The maximum absolute atomic E-state index is 6.19. The molecule has 0 spiro atoms. The van der Waals surface area contributed by atoms with Gasteiger partial charge in [-0.25, -0.2) is 4.98 Å². The molecule has 0 amide bonds. The van der Waals surface area contributed by atoms with Crippen molar-refractivity contribution in [3.63, 3.8) is 0 Å². The molecule has 1 aromatic carbocycles. The van der Waals surface area contributed by atoms with Crippen LogP contribution in [0.4, 0.5) is 5.69 Å². The molecule has 1 unspecified atom stereocenters. The molecule has 29 heavy (non-hydrogen) atoms. The van der Waals surface area contributed by atoms with Crippen molar-refractivity contribution < 1.29 is 4.74 Å². The lowest BCUT2D eigenvalue weighted by molar-refractivity contribution is 0.415. The van der Waals surface area contributed by atoms with Crippen molar-refractivity contribution in [3.8, 4) is 5.75 Å². The summed E-state index contributed by atoms with van der Waals surface area (Å²) in [6.45, 7) is 5.77. The molecule has 1 atom stereocenters. The van der Waals surface area contributed by atoms with E-state index in [-0.39, 0.29) is 0 Å². The van der Waals surface area contributed by atoms with E-state index < -0.39 is 0 Å². The number of rotatable bonds is 8. The zero-order chi connectivity index (χ0) is 20.6. The number of halogens is 1. The fraction of sp³-hybridized carbons (Fsp3) is 0.524. The Bertz CT molecular complexity index is 821. The number of guanidine groups is 1. The van der Waals surface area contributed by atoms with E-state index in [1.807, 2.05) is 44.6 Å². The van der Waals surface area contributed by atoms with Gasteiger partial charge >= 0.3 is 0 Å². The smallest absolute Gasteiger partial charge is 0.191 e. The summed E-state index contributed by atoms with van der Waals surface area (Å²) in [5.74, 6) is 2.77. The van der Waals surface area contributed by atoms with Crippen molar-refractivity contribution in [3.05, 3.63) is 41.4 Å². The van der Waals surface area contributed by atoms with Crippen LogP contribution in [0.5, 0.6) is 5.75 Å². The Kier molecular flexibility index (Phi) is 7.63. The molecule has 8 heteroatoms. The van der Waals surface area contributed by atoms with Gasteiger partial charge in [-0.2, -0.15) is 0 Å². The number of aliphatic imine (C=N–C) groups is 1. The van der Waals surface area contributed by atoms with E-state index in [4.69, 9.17) is 16.3 Å². The minimum absolute atomic E-state index is 0.332. The van der Waals surface area contributed by atoms with Crippen LogP contribution in [0.3, 0.4) is 0 Å². The second-order valence-corrected chi connectivity index (χ2v) is 7.70. The SMILES string of the molecule is CN=C(NCCCCn1ccnc1C)NC1CCN(c2cc(Cl)ccc2OC)C1. The van der Waals surface area contributed by atoms with E-state index in [0.717, 1.165) is 73.7 Å². The van der Waals surface area contributed by atoms with Gasteiger partial charge in [0.2, 0.25) is 0 Å². The molecule has 1 aliphatic heterocycles. The van der Waals surface area contributed by atoms with Crippen LogP contribution in [0.1, 0.15) is 25.1 Å². The summed E-state index contributed by atoms with van der Waals surface area (Å²) in [5, 5.41) is 7.69. The molecule has 1 aliphatic rings. The molecule has 2 aromatic rings. The minimum atomic E-state index is 0.332. The predicted octanol–water partition coefficient (Wildman–Crippen LogP) is 3.08. The van der Waals surface area contributed by atoms with Crippen LogP contribution in [0.2, 0.25) is 5.02 Å². The Labute approximate surface area is 178 Å². The molecule has 1 fully saturated rings. The fourth-order valence-corrected chi connectivity index (χ4v) is 3.82. The zero-order valence-corrected chi connectivity index (χ0v) is 18.2. The van der Waals surface area contributed by atoms with Gasteiger partial charge in [-0.15, -0.1) is 0 Å². The van der Waals surface area contributed by atoms with Gasteiger partial charge in [-0.1, -0.05) is 11.6 Å². The highest BCUT2D eigenvalue weighted by Gasteiger charge is 2.25. The third kappa shape index (κ3) is 5.79. The lowest BCUT2D eigenvalue weighted by Gasteiger charge is -2.22. The van der Waals surface area contributed by atoms with Gasteiger partial charge in [0.15, 0.2) is 5.96 Å². The third-order valence-electron chi connectivity index (χ3n) is 5.28. The number of unbranched alkanes of at least 4 members (excludes halogenated alkanes) is 1. The predicted molar refractivity (Wildman–Crippen MR) is 119 cm³/mol. The van der Waals surface area contributed by atoms with Crippen LogP contribution in [0, 0.1) is 6.92 Å². The number of imidazole rings is 1. The summed E-state index contributed by atoms with van der Waals surface area (Å²) in [4.78, 5) is 10.9. The van der Waals surface area contributed by atoms with Gasteiger partial charge < -0.3 is 24.8 Å². The van der Waals surface area contributed by atoms with Crippen molar-refractivity contribution in [1.29, 1.82) is 0 Å². The zero-order valence-electron chi connectivity index (χ0n) is 17.5. The van der Waals surface area contributed by atoms with Gasteiger partial charge in [0, 0.05) is 56.7 Å². The number of anilines is 1. The number of nitrogens with one attached hydrogen (secondary N) is 2. The number of methoxy groups -OCH3 is 1. The Hall–Kier alpha value is -2.41. The average Bonchev–Trinajstić information content (AvgIpc) is 3.35. The van der Waals surface area contributed by atoms with E-state index in [1.165, 1.54) is 0 Å². The highest BCUT2D eigenvalue weighted by atomic mass is 35.5. The Morgan fingerprint density at radius 3 is 2.97 bits per heavy atom. The highest BCUT2D eigenvalue weighted by molar-refractivity contribution is 6.30. The molecule has 3 rings (SSSR count). The topological polar surface area (TPSA) is 66.7 Å². The second-order valence-electron chi connectivity index (χ2n) is 7.27. The van der Waals surface area contributed by atoms with E-state index in [2.05, 4.69) is 30.1 Å². The lowest BCUT2D eigenvalue weighted by Crippen LogP contribution is -2.44. The highest BCUT2D eigenvalue weighted by Crippen LogP contribution is 2.33. The number of ether oxygens (including phenoxy) is 1. The number of nitrogens with zero attached hydrogens (tertiary/aromatic N) is 4. The average molecular weight is 419 g/mol. The van der Waals surface area contributed by atoms with E-state index in [1.54, 1.807) is 7.11 Å². The fourth-order valence-electron chi connectivity index (χ4n) is 3.65. The van der Waals surface area contributed by atoms with Gasteiger partial charge in [0.1, 0.15) is 11.6 Å². The summed E-state index contributed by atoms with van der Waals surface area (Å²) in [6, 6.07) is 6.08. The van der Waals surface area contributed by atoms with Gasteiger partial charge in [-0.05, 0) is 44.4 Å². The maximum Gasteiger partial charge on any atom is 0.191 e. The van der Waals surface area contributed by atoms with Crippen molar-refractivity contribution in [2.24, 2.45) is 4.99 Å². The number of hydrogen-bond acceptors (Lipinski definition) is 4. The summed E-state index contributed by atoms with van der Waals surface area (Å²) in [6.07, 6.45) is 7.10. The first kappa shape index (κ1) is 21.3. The first-order chi connectivity index (χ1) is 14.1. The molecule has 7 nitrogen and oxygen atoms in total. The molecular formula is C21H31ClN6O. The molecule has 2 N–H and O–H groups in total. The first-order valence-electron chi connectivity index (χ1n) is 10.1. The first-order valence-corrected chi connectivity index (χ1v) is 10.5. The van der Waals surface area contributed by atoms with Crippen LogP contribution in [0.15, 0.2) is 35.6 Å². The second kappa shape index (κ2) is 10.4. The summed E-state index contributed by atoms with van der Waals surface area (Å²) < 4.78 is 7.68. The molecule has 0 aliphatic carbocycles. The Morgan fingerprint density at radius 1 is 1.38 bits per heavy atom. The quantitative estimate of drug-likeness (QED) is 0.392. The van der Waals surface area contributed by atoms with Gasteiger partial charge in [-0.3, -0.25) is 4.99 Å². The molecule has 0 bridgehead atoms. The number of aryl methyl sites for hydroxylation is 2. The summed E-state index contributed by atoms with van der Waals surface area (Å²) >= 11 is 6.19. The summed E-state index contributed by atoms with van der Waals surface area (Å²) in [5.41, 5.74) is 1.04. The molecule has 1 saturated heterocycles. The monoisotopic (exact) mass is 418 g/mol. The van der Waals surface area contributed by atoms with Crippen LogP contribution in [-0.2, 0) is 6.54 Å². The van der Waals surface area contributed by atoms with Gasteiger partial charge in [0.25, 0.3) is 0 Å². The van der Waals surface area contributed by atoms with Gasteiger partial charge in [0.05, 0.1) is 12.8 Å². The van der Waals surface area contributed by atoms with Crippen LogP contribution >= 0.6 is 11.6 Å². The summed E-state index contributed by atoms with van der Waals surface area (Å²) in [7, 11) is 3.51. The van der Waals surface area contributed by atoms with Crippen molar-refractivity contribution in [1.82, 2.24) is 20.2 Å². The van der Waals surface area contributed by atoms with Crippen molar-refractivity contribution in [2.75, 3.05) is 38.7 Å². The molecule has 2 heterocycles. The normalized spacial score (nSPS) is 16.9. The van der Waals surface area contributed by atoms with Crippen LogP contribution < -0.4 is 20.3 Å².